The number of nitrogens with zero attached hydrogens (tertiary/aromatic N) is 1. The van der Waals surface area contributed by atoms with Gasteiger partial charge in [0.2, 0.25) is 0 Å². The van der Waals surface area contributed by atoms with Gasteiger partial charge < -0.3 is 5.11 Å². The lowest BCUT2D eigenvalue weighted by Gasteiger charge is -2.13. The van der Waals surface area contributed by atoms with Crippen LogP contribution < -0.4 is 0 Å². The molecule has 0 radical (unpaired) electrons. The molecule has 1 aromatic rings. The summed E-state index contributed by atoms with van der Waals surface area (Å²) in [4.78, 5) is 14.5. The number of hydrogen-bond donors (Lipinski definition) is 1. The van der Waals surface area contributed by atoms with E-state index in [0.29, 0.717) is 23.4 Å². The maximum Gasteiger partial charge on any atom is 0.303 e. The maximum atomic E-state index is 12.1. The average molecular weight is 304 g/mol. The Morgan fingerprint density at radius 3 is 2.68 bits per heavy atom. The van der Waals surface area contributed by atoms with E-state index in [1.165, 1.54) is 12.4 Å². The number of hydrogen-bond acceptors (Lipinski definition) is 4. The van der Waals surface area contributed by atoms with Crippen LogP contribution in [0.5, 0.6) is 0 Å². The van der Waals surface area contributed by atoms with Crippen LogP contribution in [0.3, 0.4) is 0 Å². The molecular weight excluding hydrogens is 290 g/mol. The van der Waals surface area contributed by atoms with Crippen LogP contribution >= 0.6 is 11.6 Å². The fraction of sp³-hybridized carbons (Fsp3) is 0.500. The van der Waals surface area contributed by atoms with Gasteiger partial charge in [-0.15, -0.1) is 0 Å². The molecule has 0 aromatic carbocycles. The lowest BCUT2D eigenvalue weighted by atomic mass is 10.1. The van der Waals surface area contributed by atoms with Gasteiger partial charge in [-0.2, -0.15) is 0 Å². The van der Waals surface area contributed by atoms with E-state index in [1.54, 1.807) is 6.07 Å². The number of halogens is 1. The van der Waals surface area contributed by atoms with Crippen molar-refractivity contribution in [1.82, 2.24) is 4.98 Å². The molecule has 1 heterocycles. The molecule has 19 heavy (non-hydrogen) atoms. The monoisotopic (exact) mass is 303 g/mol. The molecule has 104 valence electrons. The minimum absolute atomic E-state index is 0.0870. The van der Waals surface area contributed by atoms with E-state index in [9.17, 15) is 13.2 Å². The van der Waals surface area contributed by atoms with Gasteiger partial charge in [0.05, 0.1) is 22.9 Å². The summed E-state index contributed by atoms with van der Waals surface area (Å²) in [5.41, 5.74) is -0.0627. The summed E-state index contributed by atoms with van der Waals surface area (Å²) in [7, 11) is -3.37. The maximum absolute atomic E-state index is 12.1. The molecule has 1 aliphatic rings. The molecule has 0 aliphatic heterocycles. The molecule has 5 nitrogen and oxygen atoms in total. The number of carbonyl (C=O) groups is 1. The molecule has 0 atom stereocenters. The van der Waals surface area contributed by atoms with Crippen LogP contribution in [0.4, 0.5) is 0 Å². The van der Waals surface area contributed by atoms with Gasteiger partial charge in [0, 0.05) is 12.4 Å². The molecule has 0 unspecified atom stereocenters. The number of carboxylic acid groups (broad SMARTS) is 1. The van der Waals surface area contributed by atoms with Crippen molar-refractivity contribution in [2.75, 3.05) is 5.75 Å². The second kappa shape index (κ2) is 5.09. The van der Waals surface area contributed by atoms with E-state index in [-0.39, 0.29) is 17.9 Å². The van der Waals surface area contributed by atoms with Crippen LogP contribution in [-0.2, 0) is 20.4 Å². The quantitative estimate of drug-likeness (QED) is 0.867. The number of aliphatic carboxylic acids is 1. The van der Waals surface area contributed by atoms with E-state index >= 15 is 0 Å². The van der Waals surface area contributed by atoms with Crippen LogP contribution in [0.1, 0.15) is 24.8 Å². The largest absolute Gasteiger partial charge is 0.481 e. The van der Waals surface area contributed by atoms with Crippen molar-refractivity contribution in [3.63, 3.8) is 0 Å². The van der Waals surface area contributed by atoms with Crippen LogP contribution in [0, 0.1) is 5.41 Å². The van der Waals surface area contributed by atoms with Gasteiger partial charge in [-0.25, -0.2) is 8.42 Å². The minimum Gasteiger partial charge on any atom is -0.481 e. The van der Waals surface area contributed by atoms with Gasteiger partial charge >= 0.3 is 5.97 Å². The van der Waals surface area contributed by atoms with Crippen molar-refractivity contribution in [2.45, 2.75) is 25.0 Å². The predicted molar refractivity (Wildman–Crippen MR) is 70.7 cm³/mol. The fourth-order valence-corrected chi connectivity index (χ4v) is 4.56. The molecule has 1 aromatic heterocycles. The van der Waals surface area contributed by atoms with Crippen molar-refractivity contribution in [1.29, 1.82) is 0 Å². The average Bonchev–Trinajstić information content (AvgIpc) is 2.98. The zero-order valence-corrected chi connectivity index (χ0v) is 11.7. The molecule has 1 aliphatic carbocycles. The van der Waals surface area contributed by atoms with Crippen molar-refractivity contribution < 1.29 is 18.3 Å². The number of carboxylic acids is 1. The third kappa shape index (κ3) is 3.91. The first-order valence-electron chi connectivity index (χ1n) is 5.83. The van der Waals surface area contributed by atoms with E-state index in [0.717, 1.165) is 0 Å². The summed E-state index contributed by atoms with van der Waals surface area (Å²) >= 11 is 5.88. The highest BCUT2D eigenvalue weighted by atomic mass is 35.5. The normalized spacial score (nSPS) is 17.1. The Morgan fingerprint density at radius 1 is 1.47 bits per heavy atom. The van der Waals surface area contributed by atoms with Gasteiger partial charge in [-0.3, -0.25) is 9.78 Å². The standard InChI is InChI=1S/C12H14ClNO4S/c13-10-6-14-4-1-9(10)7-19(17,18)8-12(2-3-12)5-11(15)16/h1,4,6H,2-3,5,7-8H2,(H,15,16). The summed E-state index contributed by atoms with van der Waals surface area (Å²) < 4.78 is 24.2. The lowest BCUT2D eigenvalue weighted by molar-refractivity contribution is -0.138. The Bertz CT molecular complexity index is 596. The first kappa shape index (κ1) is 14.3. The molecule has 1 saturated carbocycles. The SMILES string of the molecule is O=C(O)CC1(CS(=O)(=O)Cc2ccncc2Cl)CC1. The number of rotatable bonds is 6. The molecule has 1 N–H and O–H groups in total. The molecule has 2 rings (SSSR count). The van der Waals surface area contributed by atoms with Crippen molar-refractivity contribution in [2.24, 2.45) is 5.41 Å². The van der Waals surface area contributed by atoms with Crippen molar-refractivity contribution >= 4 is 27.4 Å². The summed E-state index contributed by atoms with van der Waals surface area (Å²) in [5.74, 6) is -1.21. The van der Waals surface area contributed by atoms with Gasteiger partial charge in [0.15, 0.2) is 9.84 Å². The summed E-state index contributed by atoms with van der Waals surface area (Å²) in [6.07, 6.45) is 4.11. The van der Waals surface area contributed by atoms with E-state index in [4.69, 9.17) is 16.7 Å². The molecule has 7 heteroatoms. The Hall–Kier alpha value is -1.14. The van der Waals surface area contributed by atoms with E-state index in [1.807, 2.05) is 0 Å². The molecular formula is C12H14ClNO4S. The first-order valence-corrected chi connectivity index (χ1v) is 8.03. The fourth-order valence-electron chi connectivity index (χ4n) is 2.15. The van der Waals surface area contributed by atoms with Gasteiger partial charge in [0.1, 0.15) is 0 Å². The summed E-state index contributed by atoms with van der Waals surface area (Å²) in [6, 6.07) is 1.57. The zero-order chi connectivity index (χ0) is 14.1. The molecule has 1 fully saturated rings. The lowest BCUT2D eigenvalue weighted by Crippen LogP contribution is -2.21. The second-order valence-electron chi connectivity index (χ2n) is 5.07. The highest BCUT2D eigenvalue weighted by Gasteiger charge is 2.47. The minimum atomic E-state index is -3.37. The third-order valence-electron chi connectivity index (χ3n) is 3.24. The van der Waals surface area contributed by atoms with Crippen LogP contribution in [0.25, 0.3) is 0 Å². The van der Waals surface area contributed by atoms with Crippen LogP contribution in [0.2, 0.25) is 5.02 Å². The molecule has 0 spiro atoms. The van der Waals surface area contributed by atoms with Gasteiger partial charge in [-0.05, 0) is 29.9 Å². The van der Waals surface area contributed by atoms with Gasteiger partial charge in [-0.1, -0.05) is 11.6 Å². The second-order valence-corrected chi connectivity index (χ2v) is 7.54. The molecule has 0 saturated heterocycles. The van der Waals surface area contributed by atoms with Crippen LogP contribution in [0.15, 0.2) is 18.5 Å². The Balaban J connectivity index is 2.08. The Morgan fingerprint density at radius 2 is 2.16 bits per heavy atom. The third-order valence-corrected chi connectivity index (χ3v) is 5.38. The van der Waals surface area contributed by atoms with E-state index < -0.39 is 21.2 Å². The Kier molecular flexibility index (Phi) is 3.82. The topological polar surface area (TPSA) is 84.3 Å². The van der Waals surface area contributed by atoms with Gasteiger partial charge in [0.25, 0.3) is 0 Å². The summed E-state index contributed by atoms with van der Waals surface area (Å²) in [6.45, 7) is 0. The number of aromatic nitrogens is 1. The van der Waals surface area contributed by atoms with Crippen LogP contribution in [-0.4, -0.2) is 30.2 Å². The smallest absolute Gasteiger partial charge is 0.303 e. The molecule has 0 bridgehead atoms. The van der Waals surface area contributed by atoms with E-state index in [2.05, 4.69) is 4.98 Å². The Labute approximate surface area is 116 Å². The first-order chi connectivity index (χ1) is 8.82. The number of sulfone groups is 1. The molecule has 0 amide bonds. The highest BCUT2D eigenvalue weighted by Crippen LogP contribution is 2.50. The van der Waals surface area contributed by atoms with Crippen molar-refractivity contribution in [3.05, 3.63) is 29.0 Å². The van der Waals surface area contributed by atoms with Crippen molar-refractivity contribution in [3.8, 4) is 0 Å². The highest BCUT2D eigenvalue weighted by molar-refractivity contribution is 7.90. The predicted octanol–water partition coefficient (Wildman–Crippen LogP) is 1.90. The zero-order valence-electron chi connectivity index (χ0n) is 10.2. The summed E-state index contributed by atoms with van der Waals surface area (Å²) in [5, 5.41) is 9.11. The number of pyridine rings is 1.